The number of ether oxygens (including phenoxy) is 1. The lowest BCUT2D eigenvalue weighted by atomic mass is 9.99. The molecule has 1 amide bonds. The molecule has 0 spiro atoms. The molecule has 0 heterocycles. The van der Waals surface area contributed by atoms with Crippen LogP contribution in [0.5, 0.6) is 5.75 Å². The first-order chi connectivity index (χ1) is 10.2. The number of benzene rings is 1. The van der Waals surface area contributed by atoms with Crippen molar-refractivity contribution in [3.05, 3.63) is 30.3 Å². The third-order valence-corrected chi connectivity index (χ3v) is 3.79. The summed E-state index contributed by atoms with van der Waals surface area (Å²) in [5.74, 6) is 1.32. The van der Waals surface area contributed by atoms with E-state index in [1.54, 1.807) is 0 Å². The summed E-state index contributed by atoms with van der Waals surface area (Å²) < 4.78 is 5.76. The second-order valence-electron chi connectivity index (χ2n) is 5.49. The van der Waals surface area contributed by atoms with Gasteiger partial charge in [0.05, 0.1) is 0 Å². The third kappa shape index (κ3) is 6.65. The molecule has 0 aromatic heterocycles. The molecule has 1 N–H and O–H groups in total. The van der Waals surface area contributed by atoms with Gasteiger partial charge in [-0.1, -0.05) is 58.2 Å². The van der Waals surface area contributed by atoms with E-state index in [9.17, 15) is 4.79 Å². The molecule has 1 aromatic carbocycles. The van der Waals surface area contributed by atoms with Gasteiger partial charge in [-0.05, 0) is 30.9 Å². The molecule has 118 valence electrons. The smallest absolute Gasteiger partial charge is 0.261 e. The summed E-state index contributed by atoms with van der Waals surface area (Å²) in [6.07, 6.45) is 4.99. The van der Waals surface area contributed by atoms with E-state index in [-0.39, 0.29) is 5.91 Å². The van der Waals surface area contributed by atoms with Crippen LogP contribution in [0.4, 0.5) is 0 Å². The molecular weight excluding hydrogens is 262 g/mol. The number of carbonyl (C=O) groups excluding carboxylic acids is 1. The van der Waals surface area contributed by atoms with Gasteiger partial charge in [0.25, 0.3) is 5.91 Å². The average molecular weight is 291 g/mol. The van der Waals surface area contributed by atoms with Gasteiger partial charge in [0.1, 0.15) is 5.75 Å². The molecule has 3 heteroatoms. The van der Waals surface area contributed by atoms with Gasteiger partial charge in [-0.2, -0.15) is 0 Å². The fourth-order valence-electron chi connectivity index (χ4n) is 2.29. The highest BCUT2D eigenvalue weighted by Gasteiger charge is 2.19. The standard InChI is InChI=1S/C18H29NO2/c1-4-7-11-15(5-2)14-19-18(20)17(6-3)21-16-12-9-8-10-13-16/h8-10,12-13,15,17H,4-7,11,14H2,1-3H3,(H,19,20)/t15-,17-/m1/s1. The average Bonchev–Trinajstić information content (AvgIpc) is 2.53. The van der Waals surface area contributed by atoms with Crippen LogP contribution >= 0.6 is 0 Å². The second kappa shape index (κ2) is 10.3. The highest BCUT2D eigenvalue weighted by atomic mass is 16.5. The molecule has 0 saturated heterocycles. The Morgan fingerprint density at radius 3 is 2.43 bits per heavy atom. The minimum atomic E-state index is -0.406. The molecule has 0 unspecified atom stereocenters. The first-order valence-corrected chi connectivity index (χ1v) is 8.20. The predicted octanol–water partition coefficient (Wildman–Crippen LogP) is 4.18. The van der Waals surface area contributed by atoms with Gasteiger partial charge in [0.2, 0.25) is 0 Å². The zero-order valence-electron chi connectivity index (χ0n) is 13.6. The molecule has 0 aliphatic heterocycles. The van der Waals surface area contributed by atoms with Crippen LogP contribution in [0.25, 0.3) is 0 Å². The van der Waals surface area contributed by atoms with Crippen LogP contribution in [0.1, 0.15) is 52.9 Å². The molecule has 3 nitrogen and oxygen atoms in total. The lowest BCUT2D eigenvalue weighted by molar-refractivity contribution is -0.128. The Labute approximate surface area is 129 Å². The van der Waals surface area contributed by atoms with Crippen LogP contribution in [0, 0.1) is 5.92 Å². The minimum Gasteiger partial charge on any atom is -0.481 e. The van der Waals surface area contributed by atoms with Crippen molar-refractivity contribution in [3.8, 4) is 5.75 Å². The van der Waals surface area contributed by atoms with Gasteiger partial charge in [-0.25, -0.2) is 0 Å². The topological polar surface area (TPSA) is 38.3 Å². The van der Waals surface area contributed by atoms with Crippen LogP contribution in [-0.4, -0.2) is 18.6 Å². The van der Waals surface area contributed by atoms with Crippen LogP contribution in [0.3, 0.4) is 0 Å². The van der Waals surface area contributed by atoms with E-state index in [0.717, 1.165) is 18.7 Å². The molecule has 2 atom stereocenters. The van der Waals surface area contributed by atoms with E-state index >= 15 is 0 Å². The molecule has 0 saturated carbocycles. The van der Waals surface area contributed by atoms with Crippen molar-refractivity contribution in [1.29, 1.82) is 0 Å². The van der Waals surface area contributed by atoms with Crippen LogP contribution < -0.4 is 10.1 Å². The van der Waals surface area contributed by atoms with Crippen LogP contribution in [0.2, 0.25) is 0 Å². The van der Waals surface area contributed by atoms with Crippen molar-refractivity contribution in [2.75, 3.05) is 6.54 Å². The third-order valence-electron chi connectivity index (χ3n) is 3.79. The van der Waals surface area contributed by atoms with Crippen molar-refractivity contribution < 1.29 is 9.53 Å². The summed E-state index contributed by atoms with van der Waals surface area (Å²) in [6, 6.07) is 9.53. The molecule has 21 heavy (non-hydrogen) atoms. The second-order valence-corrected chi connectivity index (χ2v) is 5.49. The zero-order chi connectivity index (χ0) is 15.5. The fraction of sp³-hybridized carbons (Fsp3) is 0.611. The number of rotatable bonds is 10. The zero-order valence-corrected chi connectivity index (χ0v) is 13.6. The minimum absolute atomic E-state index is 0.00342. The first kappa shape index (κ1) is 17.5. The Morgan fingerprint density at radius 2 is 1.86 bits per heavy atom. The maximum Gasteiger partial charge on any atom is 0.261 e. The number of amides is 1. The van der Waals surface area contributed by atoms with Gasteiger partial charge in [-0.3, -0.25) is 4.79 Å². The van der Waals surface area contributed by atoms with Crippen molar-refractivity contribution in [3.63, 3.8) is 0 Å². The van der Waals surface area contributed by atoms with Crippen LogP contribution in [-0.2, 0) is 4.79 Å². The first-order valence-electron chi connectivity index (χ1n) is 8.20. The molecule has 0 bridgehead atoms. The molecule has 1 rings (SSSR count). The Hall–Kier alpha value is -1.51. The largest absolute Gasteiger partial charge is 0.481 e. The van der Waals surface area contributed by atoms with Gasteiger partial charge < -0.3 is 10.1 Å². The summed E-state index contributed by atoms with van der Waals surface area (Å²) in [5.41, 5.74) is 0. The number of para-hydroxylation sites is 1. The van der Waals surface area contributed by atoms with Gasteiger partial charge >= 0.3 is 0 Å². The maximum atomic E-state index is 12.2. The molecule has 0 fully saturated rings. The Balaban J connectivity index is 2.43. The van der Waals surface area contributed by atoms with Gasteiger partial charge in [0.15, 0.2) is 6.10 Å². The van der Waals surface area contributed by atoms with E-state index in [1.165, 1.54) is 19.3 Å². The van der Waals surface area contributed by atoms with E-state index < -0.39 is 6.10 Å². The Bertz CT molecular complexity index is 391. The number of hydrogen-bond acceptors (Lipinski definition) is 2. The number of unbranched alkanes of at least 4 members (excludes halogenated alkanes) is 1. The highest BCUT2D eigenvalue weighted by Crippen LogP contribution is 2.14. The van der Waals surface area contributed by atoms with Gasteiger partial charge in [-0.15, -0.1) is 0 Å². The van der Waals surface area contributed by atoms with E-state index in [1.807, 2.05) is 37.3 Å². The fourth-order valence-corrected chi connectivity index (χ4v) is 2.29. The Kier molecular flexibility index (Phi) is 8.56. The monoisotopic (exact) mass is 291 g/mol. The normalized spacial score (nSPS) is 13.5. The molecule has 0 aliphatic carbocycles. The van der Waals surface area contributed by atoms with Crippen molar-refractivity contribution in [2.45, 2.75) is 59.0 Å². The molecular formula is C18H29NO2. The van der Waals surface area contributed by atoms with Crippen molar-refractivity contribution in [2.24, 2.45) is 5.92 Å². The maximum absolute atomic E-state index is 12.2. The quantitative estimate of drug-likeness (QED) is 0.702. The Morgan fingerprint density at radius 1 is 1.14 bits per heavy atom. The van der Waals surface area contributed by atoms with E-state index in [0.29, 0.717) is 12.3 Å². The number of nitrogens with one attached hydrogen (secondary N) is 1. The molecule has 0 radical (unpaired) electrons. The molecule has 0 aliphatic rings. The van der Waals surface area contributed by atoms with E-state index in [4.69, 9.17) is 4.74 Å². The lowest BCUT2D eigenvalue weighted by Crippen LogP contribution is -2.40. The summed E-state index contributed by atoms with van der Waals surface area (Å²) >= 11 is 0. The number of carbonyl (C=O) groups is 1. The highest BCUT2D eigenvalue weighted by molar-refractivity contribution is 5.81. The van der Waals surface area contributed by atoms with Crippen molar-refractivity contribution in [1.82, 2.24) is 5.32 Å². The lowest BCUT2D eigenvalue weighted by Gasteiger charge is -2.20. The summed E-state index contributed by atoms with van der Waals surface area (Å²) in [7, 11) is 0. The molecule has 1 aromatic rings. The SMILES string of the molecule is CCCC[C@@H](CC)CNC(=O)[C@@H](CC)Oc1ccccc1. The summed E-state index contributed by atoms with van der Waals surface area (Å²) in [4.78, 5) is 12.2. The van der Waals surface area contributed by atoms with Crippen LogP contribution in [0.15, 0.2) is 30.3 Å². The van der Waals surface area contributed by atoms with Gasteiger partial charge in [0, 0.05) is 6.54 Å². The predicted molar refractivity (Wildman–Crippen MR) is 87.5 cm³/mol. The van der Waals surface area contributed by atoms with Crippen molar-refractivity contribution >= 4 is 5.91 Å². The van der Waals surface area contributed by atoms with E-state index in [2.05, 4.69) is 19.2 Å². The summed E-state index contributed by atoms with van der Waals surface area (Å²) in [5, 5.41) is 3.05. The number of hydrogen-bond donors (Lipinski definition) is 1. The summed E-state index contributed by atoms with van der Waals surface area (Å²) in [6.45, 7) is 7.11.